The fourth-order valence-electron chi connectivity index (χ4n) is 1.87. The fourth-order valence-corrected chi connectivity index (χ4v) is 1.87. The molecule has 1 aromatic heterocycles. The van der Waals surface area contributed by atoms with E-state index in [0.29, 0.717) is 11.3 Å². The zero-order chi connectivity index (χ0) is 13.3. The Morgan fingerprint density at radius 2 is 2.00 bits per heavy atom. The summed E-state index contributed by atoms with van der Waals surface area (Å²) in [5.41, 5.74) is 3.19. The van der Waals surface area contributed by atoms with Crippen molar-refractivity contribution in [2.75, 3.05) is 5.32 Å². The molecule has 0 bridgehead atoms. The number of benzene rings is 1. The molecule has 2 rings (SSSR count). The van der Waals surface area contributed by atoms with Crippen LogP contribution in [-0.2, 0) is 7.05 Å². The van der Waals surface area contributed by atoms with Crippen LogP contribution in [0.15, 0.2) is 30.3 Å². The Bertz CT molecular complexity index is 600. The molecule has 0 unspecified atom stereocenters. The van der Waals surface area contributed by atoms with E-state index in [2.05, 4.69) is 5.32 Å². The van der Waals surface area contributed by atoms with Crippen molar-refractivity contribution in [1.29, 1.82) is 0 Å². The second-order valence-corrected chi connectivity index (χ2v) is 4.35. The second kappa shape index (κ2) is 4.56. The van der Waals surface area contributed by atoms with E-state index in [9.17, 15) is 9.90 Å². The number of rotatable bonds is 2. The first-order valence-corrected chi connectivity index (χ1v) is 5.72. The van der Waals surface area contributed by atoms with E-state index >= 15 is 0 Å². The van der Waals surface area contributed by atoms with Gasteiger partial charge in [0.25, 0.3) is 5.91 Å². The van der Waals surface area contributed by atoms with Crippen molar-refractivity contribution in [2.24, 2.45) is 7.05 Å². The number of phenols is 1. The van der Waals surface area contributed by atoms with Gasteiger partial charge in [0.05, 0.1) is 5.56 Å². The van der Waals surface area contributed by atoms with Gasteiger partial charge >= 0.3 is 0 Å². The first kappa shape index (κ1) is 12.2. The molecule has 1 amide bonds. The molecule has 2 N–H and O–H groups in total. The van der Waals surface area contributed by atoms with Crippen LogP contribution in [0, 0.1) is 13.8 Å². The Morgan fingerprint density at radius 3 is 2.56 bits per heavy atom. The number of nitrogens with one attached hydrogen (secondary N) is 1. The molecule has 1 aromatic carbocycles. The van der Waals surface area contributed by atoms with Crippen molar-refractivity contribution in [1.82, 2.24) is 4.57 Å². The number of hydrogen-bond donors (Lipinski definition) is 2. The minimum atomic E-state index is -0.165. The van der Waals surface area contributed by atoms with Gasteiger partial charge in [-0.25, -0.2) is 0 Å². The Balaban J connectivity index is 2.25. The molecule has 0 atom stereocenters. The van der Waals surface area contributed by atoms with Crippen molar-refractivity contribution in [3.63, 3.8) is 0 Å². The third-order valence-corrected chi connectivity index (χ3v) is 3.12. The molecule has 0 spiro atoms. The van der Waals surface area contributed by atoms with Crippen LogP contribution in [0.3, 0.4) is 0 Å². The molecule has 0 aliphatic heterocycles. The number of aromatic hydroxyl groups is 1. The molecule has 0 saturated heterocycles. The number of anilines is 1. The number of amides is 1. The molecule has 94 valence electrons. The van der Waals surface area contributed by atoms with Crippen molar-refractivity contribution in [2.45, 2.75) is 13.8 Å². The van der Waals surface area contributed by atoms with Crippen LogP contribution in [-0.4, -0.2) is 15.6 Å². The zero-order valence-corrected chi connectivity index (χ0v) is 10.7. The first-order valence-electron chi connectivity index (χ1n) is 5.72. The number of nitrogens with zero attached hydrogens (tertiary/aromatic N) is 1. The Hall–Kier alpha value is -2.23. The smallest absolute Gasteiger partial charge is 0.257 e. The van der Waals surface area contributed by atoms with Crippen molar-refractivity contribution >= 4 is 11.6 Å². The van der Waals surface area contributed by atoms with Gasteiger partial charge in [-0.15, -0.1) is 0 Å². The number of aromatic nitrogens is 1. The first-order chi connectivity index (χ1) is 8.49. The molecule has 0 aliphatic carbocycles. The Kier molecular flexibility index (Phi) is 3.10. The quantitative estimate of drug-likeness (QED) is 0.853. The van der Waals surface area contributed by atoms with Crippen molar-refractivity contribution < 1.29 is 9.90 Å². The highest BCUT2D eigenvalue weighted by Crippen LogP contribution is 2.18. The molecular weight excluding hydrogens is 228 g/mol. The van der Waals surface area contributed by atoms with Crippen molar-refractivity contribution in [3.8, 4) is 5.75 Å². The second-order valence-electron chi connectivity index (χ2n) is 4.35. The summed E-state index contributed by atoms with van der Waals surface area (Å²) in [7, 11) is 1.93. The van der Waals surface area contributed by atoms with Gasteiger partial charge in [-0.2, -0.15) is 0 Å². The summed E-state index contributed by atoms with van der Waals surface area (Å²) >= 11 is 0. The van der Waals surface area contributed by atoms with E-state index in [4.69, 9.17) is 0 Å². The lowest BCUT2D eigenvalue weighted by molar-refractivity contribution is 0.102. The van der Waals surface area contributed by atoms with Crippen LogP contribution in [0.1, 0.15) is 21.7 Å². The number of phenolic OH excluding ortho intramolecular Hbond substituents is 1. The third kappa shape index (κ3) is 2.22. The monoisotopic (exact) mass is 244 g/mol. The summed E-state index contributed by atoms with van der Waals surface area (Å²) < 4.78 is 1.97. The summed E-state index contributed by atoms with van der Waals surface area (Å²) in [5.74, 6) is -0.0319. The van der Waals surface area contributed by atoms with E-state index in [0.717, 1.165) is 11.4 Å². The van der Waals surface area contributed by atoms with Crippen LogP contribution in [0.2, 0.25) is 0 Å². The summed E-state index contributed by atoms with van der Waals surface area (Å²) in [5, 5.41) is 12.1. The van der Waals surface area contributed by atoms with Gasteiger partial charge in [0.15, 0.2) is 0 Å². The van der Waals surface area contributed by atoms with E-state index in [1.165, 1.54) is 6.07 Å². The zero-order valence-electron chi connectivity index (χ0n) is 10.7. The maximum Gasteiger partial charge on any atom is 0.257 e. The average Bonchev–Trinajstić information content (AvgIpc) is 2.57. The lowest BCUT2D eigenvalue weighted by Crippen LogP contribution is -2.12. The van der Waals surface area contributed by atoms with E-state index in [-0.39, 0.29) is 11.7 Å². The van der Waals surface area contributed by atoms with E-state index in [1.54, 1.807) is 18.2 Å². The lowest BCUT2D eigenvalue weighted by Gasteiger charge is -2.05. The van der Waals surface area contributed by atoms with Gasteiger partial charge in [-0.05, 0) is 32.0 Å². The van der Waals surface area contributed by atoms with Crippen LogP contribution in [0.25, 0.3) is 0 Å². The predicted molar refractivity (Wildman–Crippen MR) is 70.9 cm³/mol. The largest absolute Gasteiger partial charge is 0.508 e. The highest BCUT2D eigenvalue weighted by Gasteiger charge is 2.14. The summed E-state index contributed by atoms with van der Waals surface area (Å²) in [6.07, 6.45) is 0. The topological polar surface area (TPSA) is 54.3 Å². The van der Waals surface area contributed by atoms with Gasteiger partial charge in [-0.1, -0.05) is 6.07 Å². The molecule has 0 radical (unpaired) electrons. The highest BCUT2D eigenvalue weighted by molar-refractivity contribution is 6.05. The van der Waals surface area contributed by atoms with E-state index in [1.807, 2.05) is 31.5 Å². The summed E-state index contributed by atoms with van der Waals surface area (Å²) in [6, 6.07) is 8.36. The minimum absolute atomic E-state index is 0.133. The van der Waals surface area contributed by atoms with E-state index < -0.39 is 0 Å². The molecule has 18 heavy (non-hydrogen) atoms. The fraction of sp³-hybridized carbons (Fsp3) is 0.214. The molecule has 4 nitrogen and oxygen atoms in total. The van der Waals surface area contributed by atoms with Gasteiger partial charge in [0.2, 0.25) is 0 Å². The molecule has 0 fully saturated rings. The summed E-state index contributed by atoms with van der Waals surface area (Å²) in [4.78, 5) is 12.1. The van der Waals surface area contributed by atoms with Crippen LogP contribution in [0.5, 0.6) is 5.75 Å². The van der Waals surface area contributed by atoms with Gasteiger partial charge in [0, 0.05) is 30.2 Å². The van der Waals surface area contributed by atoms with Gasteiger partial charge < -0.3 is 15.0 Å². The number of carbonyl (C=O) groups is 1. The predicted octanol–water partition coefficient (Wildman–Crippen LogP) is 2.60. The number of carbonyl (C=O) groups excluding carboxylic acids is 1. The Labute approximate surface area is 106 Å². The Morgan fingerprint density at radius 1 is 1.28 bits per heavy atom. The summed E-state index contributed by atoms with van der Waals surface area (Å²) in [6.45, 7) is 3.86. The van der Waals surface area contributed by atoms with Crippen molar-refractivity contribution in [3.05, 3.63) is 47.3 Å². The maximum absolute atomic E-state index is 12.1. The molecule has 0 aliphatic rings. The van der Waals surface area contributed by atoms with Crippen LogP contribution < -0.4 is 5.32 Å². The third-order valence-electron chi connectivity index (χ3n) is 3.12. The number of hydrogen-bond acceptors (Lipinski definition) is 2. The standard InChI is InChI=1S/C14H16N2O2/c1-9-7-13(10(2)16(9)3)14(18)15-11-5-4-6-12(17)8-11/h4-8,17H,1-3H3,(H,15,18). The molecule has 2 aromatic rings. The lowest BCUT2D eigenvalue weighted by atomic mass is 10.2. The highest BCUT2D eigenvalue weighted by atomic mass is 16.3. The number of aryl methyl sites for hydroxylation is 1. The van der Waals surface area contributed by atoms with Crippen LogP contribution >= 0.6 is 0 Å². The van der Waals surface area contributed by atoms with Gasteiger partial charge in [-0.3, -0.25) is 4.79 Å². The molecule has 1 heterocycles. The van der Waals surface area contributed by atoms with Crippen LogP contribution in [0.4, 0.5) is 5.69 Å². The SMILES string of the molecule is Cc1cc(C(=O)Nc2cccc(O)c2)c(C)n1C. The van der Waals surface area contributed by atoms with Gasteiger partial charge in [0.1, 0.15) is 5.75 Å². The molecular formula is C14H16N2O2. The molecule has 4 heteroatoms. The maximum atomic E-state index is 12.1. The normalized spacial score (nSPS) is 10.4. The average molecular weight is 244 g/mol. The minimum Gasteiger partial charge on any atom is -0.508 e. The molecule has 0 saturated carbocycles.